The van der Waals surface area contributed by atoms with Crippen molar-refractivity contribution in [2.24, 2.45) is 5.41 Å². The molecule has 7 heteroatoms. The monoisotopic (exact) mass is 435 g/mol. The number of aliphatic hydroxyl groups excluding tert-OH is 1. The Morgan fingerprint density at radius 3 is 2.61 bits per heavy atom. The highest BCUT2D eigenvalue weighted by Gasteiger charge is 2.30. The molecule has 1 aromatic heterocycles. The van der Waals surface area contributed by atoms with Crippen LogP contribution in [0.1, 0.15) is 30.9 Å². The van der Waals surface area contributed by atoms with E-state index in [-0.39, 0.29) is 12.0 Å². The van der Waals surface area contributed by atoms with E-state index in [1.807, 2.05) is 43.3 Å². The van der Waals surface area contributed by atoms with Crippen molar-refractivity contribution in [2.45, 2.75) is 33.2 Å². The van der Waals surface area contributed by atoms with E-state index in [2.05, 4.69) is 32.2 Å². The molecule has 0 aliphatic carbocycles. The van der Waals surface area contributed by atoms with Gasteiger partial charge >= 0.3 is 0 Å². The molecule has 0 atom stereocenters. The van der Waals surface area contributed by atoms with Crippen LogP contribution in [0.5, 0.6) is 0 Å². The maximum absolute atomic E-state index is 9.67. The number of hydrogen-bond acceptors (Lipinski definition) is 5. The zero-order valence-corrected chi connectivity index (χ0v) is 18.6. The van der Waals surface area contributed by atoms with E-state index >= 15 is 0 Å². The summed E-state index contributed by atoms with van der Waals surface area (Å²) in [5.74, 6) is 1.48. The summed E-state index contributed by atoms with van der Waals surface area (Å²) in [7, 11) is 0. The Morgan fingerprint density at radius 2 is 1.94 bits per heavy atom. The minimum Gasteiger partial charge on any atom is -0.396 e. The molecule has 0 spiro atoms. The Labute approximate surface area is 187 Å². The summed E-state index contributed by atoms with van der Waals surface area (Å²) in [6.45, 7) is 13.9. The number of hydrogen-bond donors (Lipinski definition) is 2. The van der Waals surface area contributed by atoms with Crippen LogP contribution in [0.25, 0.3) is 15.6 Å². The van der Waals surface area contributed by atoms with Crippen molar-refractivity contribution in [1.82, 2.24) is 10.2 Å². The molecule has 31 heavy (non-hydrogen) atoms. The molecule has 4 rings (SSSR count). The second-order valence-corrected chi connectivity index (χ2v) is 9.01. The Kier molecular flexibility index (Phi) is 5.99. The lowest BCUT2D eigenvalue weighted by Gasteiger charge is -2.39. The second-order valence-electron chi connectivity index (χ2n) is 8.61. The average Bonchev–Trinajstić information content (AvgIpc) is 2.80. The number of nitrogens with one attached hydrogen (secondary N) is 1. The molecule has 1 aliphatic heterocycles. The first-order chi connectivity index (χ1) is 14.9. The number of aromatic nitrogens is 2. The van der Waals surface area contributed by atoms with Crippen LogP contribution in [0.4, 0.5) is 17.3 Å². The van der Waals surface area contributed by atoms with Gasteiger partial charge in [-0.2, -0.15) is 0 Å². The number of benzene rings is 2. The highest BCUT2D eigenvalue weighted by Crippen LogP contribution is 2.36. The van der Waals surface area contributed by atoms with Gasteiger partial charge in [0.25, 0.3) is 0 Å². The predicted molar refractivity (Wildman–Crippen MR) is 126 cm³/mol. The number of halogens is 1. The van der Waals surface area contributed by atoms with Gasteiger partial charge in [-0.15, -0.1) is 10.2 Å². The number of fused-ring (bicyclic) bond motifs is 1. The van der Waals surface area contributed by atoms with Gasteiger partial charge in [-0.1, -0.05) is 42.8 Å². The molecule has 6 nitrogen and oxygen atoms in total. The molecule has 1 aliphatic rings. The van der Waals surface area contributed by atoms with Gasteiger partial charge in [0.2, 0.25) is 0 Å². The maximum Gasteiger partial charge on any atom is 0.188 e. The van der Waals surface area contributed by atoms with Gasteiger partial charge in [-0.25, -0.2) is 4.85 Å². The van der Waals surface area contributed by atoms with Crippen LogP contribution in [-0.4, -0.2) is 35.0 Å². The zero-order chi connectivity index (χ0) is 22.0. The van der Waals surface area contributed by atoms with Gasteiger partial charge in [0.05, 0.1) is 6.57 Å². The Hall–Kier alpha value is -2.88. The highest BCUT2D eigenvalue weighted by molar-refractivity contribution is 6.31. The minimum absolute atomic E-state index is 0.0339. The van der Waals surface area contributed by atoms with Gasteiger partial charge < -0.3 is 15.3 Å². The first-order valence-corrected chi connectivity index (χ1v) is 10.8. The molecule has 2 heterocycles. The summed E-state index contributed by atoms with van der Waals surface area (Å²) in [5.41, 5.74) is 2.63. The lowest BCUT2D eigenvalue weighted by Crippen LogP contribution is -2.41. The standard InChI is InChI=1S/C24H26ClN5O/c1-16-4-5-17(12-21(16)25)14-27-22-20-13-18(26-3)6-7-19(20)23(29-28-22)30-10-8-24(2,15-31)9-11-30/h4-7,12-13,31H,8-11,14-15H2,1-2H3,(H,27,28). The van der Waals surface area contributed by atoms with Crippen molar-refractivity contribution in [2.75, 3.05) is 29.9 Å². The Morgan fingerprint density at radius 1 is 1.16 bits per heavy atom. The fraction of sp³-hybridized carbons (Fsp3) is 0.375. The van der Waals surface area contributed by atoms with Gasteiger partial charge in [0.15, 0.2) is 17.3 Å². The largest absolute Gasteiger partial charge is 0.396 e. The molecule has 0 radical (unpaired) electrons. The molecule has 2 aromatic carbocycles. The minimum atomic E-state index is -0.0339. The van der Waals surface area contributed by atoms with E-state index < -0.39 is 0 Å². The Balaban J connectivity index is 1.65. The van der Waals surface area contributed by atoms with Crippen LogP contribution in [0.15, 0.2) is 36.4 Å². The Bertz CT molecular complexity index is 1150. The first-order valence-electron chi connectivity index (χ1n) is 10.4. The molecule has 160 valence electrons. The van der Waals surface area contributed by atoms with Crippen LogP contribution >= 0.6 is 11.6 Å². The third kappa shape index (κ3) is 4.43. The predicted octanol–water partition coefficient (Wildman–Crippen LogP) is 5.35. The number of anilines is 2. The SMILES string of the molecule is [C-]#[N+]c1ccc2c(N3CCC(C)(CO)CC3)nnc(NCc3ccc(C)c(Cl)c3)c2c1. The van der Waals surface area contributed by atoms with Gasteiger partial charge in [-0.3, -0.25) is 0 Å². The fourth-order valence-electron chi connectivity index (χ4n) is 3.91. The molecule has 0 unspecified atom stereocenters. The van der Waals surface area contributed by atoms with Crippen LogP contribution < -0.4 is 10.2 Å². The van der Waals surface area contributed by atoms with Crippen LogP contribution in [-0.2, 0) is 6.54 Å². The second kappa shape index (κ2) is 8.70. The molecule has 0 amide bonds. The van der Waals surface area contributed by atoms with Crippen molar-refractivity contribution in [3.8, 4) is 0 Å². The first kappa shape index (κ1) is 21.4. The summed E-state index contributed by atoms with van der Waals surface area (Å²) >= 11 is 6.26. The highest BCUT2D eigenvalue weighted by atomic mass is 35.5. The van der Waals surface area contributed by atoms with Crippen molar-refractivity contribution in [3.63, 3.8) is 0 Å². The normalized spacial score (nSPS) is 15.6. The molecular weight excluding hydrogens is 410 g/mol. The maximum atomic E-state index is 9.67. The molecular formula is C24H26ClN5O. The zero-order valence-electron chi connectivity index (χ0n) is 17.8. The van der Waals surface area contributed by atoms with E-state index in [0.717, 1.165) is 58.7 Å². The van der Waals surface area contributed by atoms with E-state index in [1.54, 1.807) is 0 Å². The number of piperidine rings is 1. The molecule has 0 saturated carbocycles. The number of aliphatic hydroxyl groups is 1. The van der Waals surface area contributed by atoms with Gasteiger partial charge in [0.1, 0.15) is 0 Å². The van der Waals surface area contributed by atoms with Crippen LogP contribution in [0, 0.1) is 18.9 Å². The summed E-state index contributed by atoms with van der Waals surface area (Å²) in [6.07, 6.45) is 1.81. The third-order valence-corrected chi connectivity index (χ3v) is 6.63. The van der Waals surface area contributed by atoms with Crippen molar-refractivity contribution < 1.29 is 5.11 Å². The smallest absolute Gasteiger partial charge is 0.188 e. The van der Waals surface area contributed by atoms with Gasteiger partial charge in [0, 0.05) is 42.0 Å². The van der Waals surface area contributed by atoms with E-state index in [0.29, 0.717) is 18.1 Å². The average molecular weight is 436 g/mol. The summed E-state index contributed by atoms with van der Waals surface area (Å²) < 4.78 is 0. The summed E-state index contributed by atoms with van der Waals surface area (Å²) in [4.78, 5) is 5.82. The summed E-state index contributed by atoms with van der Waals surface area (Å²) in [6, 6.07) is 11.6. The lowest BCUT2D eigenvalue weighted by atomic mass is 9.81. The molecule has 0 bridgehead atoms. The van der Waals surface area contributed by atoms with E-state index in [9.17, 15) is 5.11 Å². The number of aryl methyl sites for hydroxylation is 1. The number of nitrogens with zero attached hydrogens (tertiary/aromatic N) is 4. The molecule has 3 aromatic rings. The fourth-order valence-corrected chi connectivity index (χ4v) is 4.11. The quantitative estimate of drug-likeness (QED) is 0.528. The lowest BCUT2D eigenvalue weighted by molar-refractivity contribution is 0.114. The molecule has 1 saturated heterocycles. The topological polar surface area (TPSA) is 65.6 Å². The van der Waals surface area contributed by atoms with Crippen molar-refractivity contribution in [3.05, 3.63) is 64.0 Å². The van der Waals surface area contributed by atoms with Crippen LogP contribution in [0.2, 0.25) is 5.02 Å². The van der Waals surface area contributed by atoms with Gasteiger partial charge in [-0.05, 0) is 48.4 Å². The van der Waals surface area contributed by atoms with Crippen molar-refractivity contribution >= 4 is 39.7 Å². The van der Waals surface area contributed by atoms with E-state index in [4.69, 9.17) is 18.2 Å². The molecule has 1 fully saturated rings. The van der Waals surface area contributed by atoms with Crippen molar-refractivity contribution in [1.29, 1.82) is 0 Å². The number of rotatable bonds is 5. The molecule has 2 N–H and O–H groups in total. The third-order valence-electron chi connectivity index (χ3n) is 6.22. The summed E-state index contributed by atoms with van der Waals surface area (Å²) in [5, 5.41) is 24.7. The van der Waals surface area contributed by atoms with E-state index in [1.165, 1.54) is 0 Å². The van der Waals surface area contributed by atoms with Crippen LogP contribution in [0.3, 0.4) is 0 Å².